The standard InChI is InChI=1S/C32H40F4O/c1-3-5-22-6-11-24(12-7-22)25-13-8-23(9-14-25)10-15-27-18-21-29(31(33)30(27)32(34,35)36)26-16-19-28(20-17-26)37-4-2/h10,15-25H,3-9,11-14H2,1-2H3. The zero-order valence-corrected chi connectivity index (χ0v) is 22.1. The quantitative estimate of drug-likeness (QED) is 0.317. The van der Waals surface area contributed by atoms with Gasteiger partial charge in [-0.15, -0.1) is 0 Å². The predicted molar refractivity (Wildman–Crippen MR) is 143 cm³/mol. The zero-order valence-electron chi connectivity index (χ0n) is 22.1. The van der Waals surface area contributed by atoms with Gasteiger partial charge in [0.1, 0.15) is 11.6 Å². The Labute approximate surface area is 219 Å². The number of hydrogen-bond donors (Lipinski definition) is 0. The molecule has 2 saturated carbocycles. The zero-order chi connectivity index (χ0) is 26.4. The van der Waals surface area contributed by atoms with Gasteiger partial charge in [-0.2, -0.15) is 13.2 Å². The molecule has 2 aromatic rings. The summed E-state index contributed by atoms with van der Waals surface area (Å²) in [5.74, 6) is 2.11. The average Bonchev–Trinajstić information content (AvgIpc) is 2.88. The van der Waals surface area contributed by atoms with Crippen LogP contribution in [0.15, 0.2) is 42.5 Å². The summed E-state index contributed by atoms with van der Waals surface area (Å²) in [4.78, 5) is 0. The molecule has 0 N–H and O–H groups in total. The second kappa shape index (κ2) is 12.5. The number of halogens is 4. The predicted octanol–water partition coefficient (Wildman–Crippen LogP) is 10.3. The van der Waals surface area contributed by atoms with Crippen LogP contribution in [0.25, 0.3) is 17.2 Å². The summed E-state index contributed by atoms with van der Waals surface area (Å²) in [6, 6.07) is 9.32. The van der Waals surface area contributed by atoms with E-state index in [1.807, 2.05) is 13.0 Å². The Morgan fingerprint density at radius 2 is 1.46 bits per heavy atom. The molecular weight excluding hydrogens is 476 g/mol. The molecule has 0 spiro atoms. The van der Waals surface area contributed by atoms with E-state index in [9.17, 15) is 13.2 Å². The van der Waals surface area contributed by atoms with Crippen LogP contribution >= 0.6 is 0 Å². The van der Waals surface area contributed by atoms with Gasteiger partial charge in [-0.1, -0.05) is 69.0 Å². The molecule has 0 unspecified atom stereocenters. The van der Waals surface area contributed by atoms with Crippen molar-refractivity contribution in [3.8, 4) is 16.9 Å². The maximum Gasteiger partial charge on any atom is 0.419 e. The Morgan fingerprint density at radius 3 is 2.03 bits per heavy atom. The summed E-state index contributed by atoms with van der Waals surface area (Å²) in [5, 5.41) is 0. The fourth-order valence-electron chi connectivity index (χ4n) is 6.54. The van der Waals surface area contributed by atoms with Crippen molar-refractivity contribution in [2.75, 3.05) is 6.61 Å². The van der Waals surface area contributed by atoms with Crippen molar-refractivity contribution in [2.45, 2.75) is 84.2 Å². The van der Waals surface area contributed by atoms with Crippen LogP contribution in [0, 0.1) is 29.5 Å². The van der Waals surface area contributed by atoms with Gasteiger partial charge in [-0.05, 0) is 92.4 Å². The van der Waals surface area contributed by atoms with Gasteiger partial charge in [0.05, 0.1) is 12.2 Å². The highest BCUT2D eigenvalue weighted by molar-refractivity contribution is 5.70. The third kappa shape index (κ3) is 6.97. The van der Waals surface area contributed by atoms with Gasteiger partial charge in [-0.25, -0.2) is 4.39 Å². The molecule has 2 aliphatic rings. The van der Waals surface area contributed by atoms with Gasteiger partial charge in [0.15, 0.2) is 0 Å². The van der Waals surface area contributed by atoms with E-state index in [4.69, 9.17) is 4.74 Å². The van der Waals surface area contributed by atoms with Crippen molar-refractivity contribution in [2.24, 2.45) is 23.7 Å². The maximum absolute atomic E-state index is 15.3. The van der Waals surface area contributed by atoms with Crippen LogP contribution < -0.4 is 4.74 Å². The lowest BCUT2D eigenvalue weighted by Crippen LogP contribution is -2.25. The molecule has 0 aromatic heterocycles. The first kappa shape index (κ1) is 27.7. The van der Waals surface area contributed by atoms with Crippen LogP contribution in [-0.2, 0) is 6.18 Å². The monoisotopic (exact) mass is 516 g/mol. The molecule has 2 aliphatic carbocycles. The smallest absolute Gasteiger partial charge is 0.419 e. The first-order chi connectivity index (χ1) is 17.8. The minimum Gasteiger partial charge on any atom is -0.494 e. The third-order valence-electron chi connectivity index (χ3n) is 8.55. The largest absolute Gasteiger partial charge is 0.494 e. The number of benzene rings is 2. The van der Waals surface area contributed by atoms with Gasteiger partial charge < -0.3 is 4.74 Å². The van der Waals surface area contributed by atoms with Crippen molar-refractivity contribution in [3.63, 3.8) is 0 Å². The van der Waals surface area contributed by atoms with E-state index in [2.05, 4.69) is 6.92 Å². The second-order valence-electron chi connectivity index (χ2n) is 10.9. The Bertz CT molecular complexity index is 1020. The number of allylic oxidation sites excluding steroid dienone is 1. The van der Waals surface area contributed by atoms with Crippen LogP contribution in [0.5, 0.6) is 5.75 Å². The van der Waals surface area contributed by atoms with Crippen LogP contribution in [0.1, 0.15) is 89.2 Å². The minimum atomic E-state index is -4.78. The Hall–Kier alpha value is -2.30. The molecule has 1 nitrogen and oxygen atoms in total. The van der Waals surface area contributed by atoms with E-state index in [0.717, 1.165) is 43.4 Å². The molecule has 4 rings (SSSR count). The molecule has 5 heteroatoms. The van der Waals surface area contributed by atoms with Crippen LogP contribution in [0.3, 0.4) is 0 Å². The first-order valence-corrected chi connectivity index (χ1v) is 14.1. The van der Waals surface area contributed by atoms with E-state index in [0.29, 0.717) is 17.9 Å². The number of hydrogen-bond acceptors (Lipinski definition) is 1. The van der Waals surface area contributed by atoms with Crippen LogP contribution in [0.4, 0.5) is 17.6 Å². The molecule has 37 heavy (non-hydrogen) atoms. The molecule has 0 atom stereocenters. The summed E-state index contributed by atoms with van der Waals surface area (Å²) >= 11 is 0. The molecule has 0 heterocycles. The Balaban J connectivity index is 1.43. The van der Waals surface area contributed by atoms with E-state index in [1.165, 1.54) is 56.7 Å². The SMILES string of the molecule is CCCC1CCC(C2CCC(C=Cc3ccc(-c4ccc(OCC)cc4)c(F)c3C(F)(F)F)CC2)CC1. The van der Waals surface area contributed by atoms with Gasteiger partial charge in [0.2, 0.25) is 0 Å². The Morgan fingerprint density at radius 1 is 0.838 bits per heavy atom. The van der Waals surface area contributed by atoms with Crippen molar-refractivity contribution >= 4 is 6.08 Å². The molecule has 0 bridgehead atoms. The summed E-state index contributed by atoms with van der Waals surface area (Å²) < 4.78 is 62.6. The average molecular weight is 517 g/mol. The lowest BCUT2D eigenvalue weighted by molar-refractivity contribution is -0.140. The maximum atomic E-state index is 15.3. The van der Waals surface area contributed by atoms with E-state index in [-0.39, 0.29) is 17.0 Å². The second-order valence-corrected chi connectivity index (χ2v) is 10.9. The van der Waals surface area contributed by atoms with E-state index in [1.54, 1.807) is 24.3 Å². The number of ether oxygens (including phenoxy) is 1. The van der Waals surface area contributed by atoms with Gasteiger partial charge >= 0.3 is 6.18 Å². The van der Waals surface area contributed by atoms with Gasteiger partial charge in [0.25, 0.3) is 0 Å². The lowest BCUT2D eigenvalue weighted by atomic mass is 9.68. The number of rotatable bonds is 8. The van der Waals surface area contributed by atoms with E-state index >= 15 is 4.39 Å². The van der Waals surface area contributed by atoms with Gasteiger partial charge in [-0.3, -0.25) is 0 Å². The summed E-state index contributed by atoms with van der Waals surface area (Å²) in [6.07, 6.45) is 10.9. The first-order valence-electron chi connectivity index (χ1n) is 14.1. The van der Waals surface area contributed by atoms with Crippen LogP contribution in [0.2, 0.25) is 0 Å². The van der Waals surface area contributed by atoms with Crippen molar-refractivity contribution < 1.29 is 22.3 Å². The molecule has 0 saturated heterocycles. The summed E-state index contributed by atoms with van der Waals surface area (Å²) in [5.41, 5.74) is -0.950. The highest BCUT2D eigenvalue weighted by atomic mass is 19.4. The topological polar surface area (TPSA) is 9.23 Å². The molecule has 2 fully saturated rings. The Kier molecular flexibility index (Phi) is 9.36. The molecule has 2 aromatic carbocycles. The molecular formula is C32H40F4O. The summed E-state index contributed by atoms with van der Waals surface area (Å²) in [7, 11) is 0. The number of alkyl halides is 3. The summed E-state index contributed by atoms with van der Waals surface area (Å²) in [6.45, 7) is 4.60. The minimum absolute atomic E-state index is 0.0540. The van der Waals surface area contributed by atoms with Crippen molar-refractivity contribution in [1.82, 2.24) is 0 Å². The highest BCUT2D eigenvalue weighted by Gasteiger charge is 2.38. The van der Waals surface area contributed by atoms with Crippen molar-refractivity contribution in [3.05, 3.63) is 59.4 Å². The van der Waals surface area contributed by atoms with Crippen molar-refractivity contribution in [1.29, 1.82) is 0 Å². The molecule has 0 radical (unpaired) electrons. The molecule has 202 valence electrons. The fraction of sp³-hybridized carbons (Fsp3) is 0.562. The van der Waals surface area contributed by atoms with E-state index < -0.39 is 17.6 Å². The lowest BCUT2D eigenvalue weighted by Gasteiger charge is -2.37. The fourth-order valence-corrected chi connectivity index (χ4v) is 6.54. The molecule has 0 aliphatic heterocycles. The third-order valence-corrected chi connectivity index (χ3v) is 8.55. The normalized spacial score (nSPS) is 24.9. The van der Waals surface area contributed by atoms with Crippen LogP contribution in [-0.4, -0.2) is 6.61 Å². The molecule has 0 amide bonds. The highest BCUT2D eigenvalue weighted by Crippen LogP contribution is 2.43. The van der Waals surface area contributed by atoms with Gasteiger partial charge in [0, 0.05) is 5.56 Å².